The van der Waals surface area contributed by atoms with E-state index in [-0.39, 0.29) is 11.9 Å². The summed E-state index contributed by atoms with van der Waals surface area (Å²) in [6.45, 7) is 0.753. The molecule has 3 aromatic rings. The highest BCUT2D eigenvalue weighted by Crippen LogP contribution is 2.32. The minimum absolute atomic E-state index is 0.0420. The van der Waals surface area contributed by atoms with Gasteiger partial charge < -0.3 is 9.42 Å². The molecule has 0 bridgehead atoms. The Balaban J connectivity index is 1.60. The largest absolute Gasteiger partial charge is 0.355 e. The molecule has 132 valence electrons. The molecule has 1 unspecified atom stereocenters. The molecule has 1 saturated heterocycles. The molecule has 0 radical (unpaired) electrons. The van der Waals surface area contributed by atoms with Crippen molar-refractivity contribution in [2.75, 3.05) is 6.54 Å². The van der Waals surface area contributed by atoms with Gasteiger partial charge in [0.25, 0.3) is 5.91 Å². The second kappa shape index (κ2) is 7.34. The third-order valence-corrected chi connectivity index (χ3v) is 5.20. The second-order valence-electron chi connectivity index (χ2n) is 6.53. The predicted molar refractivity (Wildman–Crippen MR) is 101 cm³/mol. The van der Waals surface area contributed by atoms with E-state index in [0.29, 0.717) is 21.9 Å². The fourth-order valence-electron chi connectivity index (χ4n) is 3.59. The molecule has 1 amide bonds. The van der Waals surface area contributed by atoms with Gasteiger partial charge in [0.1, 0.15) is 5.56 Å². The lowest BCUT2D eigenvalue weighted by molar-refractivity contribution is 0.0737. The fourth-order valence-corrected chi connectivity index (χ4v) is 3.81. The summed E-state index contributed by atoms with van der Waals surface area (Å²) in [5.41, 5.74) is 2.40. The molecule has 1 fully saturated rings. The van der Waals surface area contributed by atoms with Gasteiger partial charge in [-0.1, -0.05) is 59.2 Å². The Hall–Kier alpha value is -2.59. The third-order valence-electron chi connectivity index (χ3n) is 4.87. The Kier molecular flexibility index (Phi) is 4.76. The highest BCUT2D eigenvalue weighted by molar-refractivity contribution is 6.33. The molecular formula is C21H19ClN2O2. The molecule has 1 aliphatic heterocycles. The molecule has 2 aromatic carbocycles. The lowest BCUT2D eigenvalue weighted by atomic mass is 10.0. The van der Waals surface area contributed by atoms with Crippen molar-refractivity contribution in [1.82, 2.24) is 10.1 Å². The number of nitrogens with zero attached hydrogens (tertiary/aromatic N) is 2. The van der Waals surface area contributed by atoms with E-state index in [0.717, 1.165) is 25.8 Å². The summed E-state index contributed by atoms with van der Waals surface area (Å²) in [7, 11) is 0. The maximum Gasteiger partial charge on any atom is 0.259 e. The first-order chi connectivity index (χ1) is 12.7. The van der Waals surface area contributed by atoms with Gasteiger partial charge in [0.05, 0.1) is 11.2 Å². The van der Waals surface area contributed by atoms with Crippen LogP contribution in [0.15, 0.2) is 65.3 Å². The summed E-state index contributed by atoms with van der Waals surface area (Å²) < 4.78 is 5.38. The van der Waals surface area contributed by atoms with Crippen LogP contribution >= 0.6 is 11.6 Å². The summed E-state index contributed by atoms with van der Waals surface area (Å²) in [5, 5.41) is 4.40. The second-order valence-corrected chi connectivity index (χ2v) is 6.94. The van der Waals surface area contributed by atoms with Crippen LogP contribution in [0, 0.1) is 0 Å². The fraction of sp³-hybridized carbons (Fsp3) is 0.238. The molecule has 1 atom stereocenters. The van der Waals surface area contributed by atoms with Crippen LogP contribution < -0.4 is 0 Å². The molecule has 0 saturated carbocycles. The van der Waals surface area contributed by atoms with Crippen molar-refractivity contribution in [3.63, 3.8) is 0 Å². The standard InChI is InChI=1S/C21H19ClN2O2/c22-19-11-5-4-10-17(19)20-18(14-23-26-20)21(25)24-12-6-9-16(24)13-15-7-2-1-3-8-15/h1-5,7-8,10-11,14,16H,6,9,12-13H2. The van der Waals surface area contributed by atoms with E-state index in [9.17, 15) is 4.79 Å². The van der Waals surface area contributed by atoms with E-state index in [4.69, 9.17) is 16.1 Å². The van der Waals surface area contributed by atoms with Crippen molar-refractivity contribution < 1.29 is 9.32 Å². The maximum absolute atomic E-state index is 13.2. The van der Waals surface area contributed by atoms with Crippen LogP contribution in [0.4, 0.5) is 0 Å². The number of carbonyl (C=O) groups excluding carboxylic acids is 1. The zero-order valence-corrected chi connectivity index (χ0v) is 15.0. The number of rotatable bonds is 4. The van der Waals surface area contributed by atoms with Crippen LogP contribution in [0.2, 0.25) is 5.02 Å². The van der Waals surface area contributed by atoms with Gasteiger partial charge in [-0.15, -0.1) is 0 Å². The van der Waals surface area contributed by atoms with Crippen molar-refractivity contribution in [2.24, 2.45) is 0 Å². The topological polar surface area (TPSA) is 46.3 Å². The van der Waals surface area contributed by atoms with Gasteiger partial charge in [-0.05, 0) is 37.0 Å². The Labute approximate surface area is 157 Å². The monoisotopic (exact) mass is 366 g/mol. The molecule has 4 rings (SSSR count). The minimum Gasteiger partial charge on any atom is -0.355 e. The molecule has 5 heteroatoms. The van der Waals surface area contributed by atoms with Gasteiger partial charge in [0.15, 0.2) is 5.76 Å². The molecular weight excluding hydrogens is 348 g/mol. The zero-order chi connectivity index (χ0) is 17.9. The first-order valence-electron chi connectivity index (χ1n) is 8.78. The lowest BCUT2D eigenvalue weighted by Crippen LogP contribution is -2.36. The average molecular weight is 367 g/mol. The van der Waals surface area contributed by atoms with Gasteiger partial charge in [-0.3, -0.25) is 4.79 Å². The van der Waals surface area contributed by atoms with Crippen LogP contribution in [-0.4, -0.2) is 28.6 Å². The number of aromatic nitrogens is 1. The van der Waals surface area contributed by atoms with Crippen molar-refractivity contribution in [1.29, 1.82) is 0 Å². The highest BCUT2D eigenvalue weighted by atomic mass is 35.5. The van der Waals surface area contributed by atoms with Crippen molar-refractivity contribution in [3.8, 4) is 11.3 Å². The Bertz CT molecular complexity index is 907. The third kappa shape index (κ3) is 3.25. The first-order valence-corrected chi connectivity index (χ1v) is 9.16. The van der Waals surface area contributed by atoms with Crippen molar-refractivity contribution in [3.05, 3.63) is 76.9 Å². The lowest BCUT2D eigenvalue weighted by Gasteiger charge is -2.24. The smallest absolute Gasteiger partial charge is 0.259 e. The van der Waals surface area contributed by atoms with E-state index in [1.54, 1.807) is 6.07 Å². The van der Waals surface area contributed by atoms with Gasteiger partial charge in [0, 0.05) is 18.2 Å². The van der Waals surface area contributed by atoms with E-state index < -0.39 is 0 Å². The number of likely N-dealkylation sites (tertiary alicyclic amines) is 1. The summed E-state index contributed by atoms with van der Waals surface area (Å²) >= 11 is 6.28. The molecule has 0 aliphatic carbocycles. The van der Waals surface area contributed by atoms with Gasteiger partial charge >= 0.3 is 0 Å². The minimum atomic E-state index is -0.0420. The predicted octanol–water partition coefficient (Wildman–Crippen LogP) is 4.84. The van der Waals surface area contributed by atoms with E-state index in [1.807, 2.05) is 41.3 Å². The van der Waals surface area contributed by atoms with Crippen molar-refractivity contribution >= 4 is 17.5 Å². The van der Waals surface area contributed by atoms with Crippen LogP contribution in [0.1, 0.15) is 28.8 Å². The van der Waals surface area contributed by atoms with Crippen LogP contribution in [0.5, 0.6) is 0 Å². The van der Waals surface area contributed by atoms with Crippen LogP contribution in [0.25, 0.3) is 11.3 Å². The number of benzene rings is 2. The number of carbonyl (C=O) groups is 1. The van der Waals surface area contributed by atoms with E-state index in [1.165, 1.54) is 11.8 Å². The normalized spacial score (nSPS) is 16.8. The SMILES string of the molecule is O=C(c1cnoc1-c1ccccc1Cl)N1CCCC1Cc1ccccc1. The van der Waals surface area contributed by atoms with Crippen LogP contribution in [0.3, 0.4) is 0 Å². The van der Waals surface area contributed by atoms with E-state index in [2.05, 4.69) is 17.3 Å². The molecule has 2 heterocycles. The first kappa shape index (κ1) is 16.9. The quantitative estimate of drug-likeness (QED) is 0.663. The van der Waals surface area contributed by atoms with Gasteiger partial charge in [0.2, 0.25) is 0 Å². The summed E-state index contributed by atoms with van der Waals surface area (Å²) in [6.07, 6.45) is 4.38. The zero-order valence-electron chi connectivity index (χ0n) is 14.3. The Morgan fingerprint density at radius 2 is 1.92 bits per heavy atom. The number of halogens is 1. The summed E-state index contributed by atoms with van der Waals surface area (Å²) in [5.74, 6) is 0.394. The summed E-state index contributed by atoms with van der Waals surface area (Å²) in [6, 6.07) is 17.8. The van der Waals surface area contributed by atoms with Crippen molar-refractivity contribution in [2.45, 2.75) is 25.3 Å². The molecule has 0 N–H and O–H groups in total. The Morgan fingerprint density at radius 1 is 1.15 bits per heavy atom. The number of amides is 1. The molecule has 4 nitrogen and oxygen atoms in total. The molecule has 1 aliphatic rings. The molecule has 0 spiro atoms. The molecule has 1 aromatic heterocycles. The van der Waals surface area contributed by atoms with E-state index >= 15 is 0 Å². The maximum atomic E-state index is 13.2. The summed E-state index contributed by atoms with van der Waals surface area (Å²) in [4.78, 5) is 15.1. The van der Waals surface area contributed by atoms with Gasteiger partial charge in [-0.25, -0.2) is 0 Å². The average Bonchev–Trinajstić information content (AvgIpc) is 3.32. The number of hydrogen-bond donors (Lipinski definition) is 0. The highest BCUT2D eigenvalue weighted by Gasteiger charge is 2.32. The number of hydrogen-bond acceptors (Lipinski definition) is 3. The Morgan fingerprint density at radius 3 is 2.73 bits per heavy atom. The van der Waals surface area contributed by atoms with Crippen LogP contribution in [-0.2, 0) is 6.42 Å². The molecule has 26 heavy (non-hydrogen) atoms. The van der Waals surface area contributed by atoms with Gasteiger partial charge in [-0.2, -0.15) is 0 Å².